The summed E-state index contributed by atoms with van der Waals surface area (Å²) in [5.41, 5.74) is 4.10. The molecule has 0 spiro atoms. The second-order valence-electron chi connectivity index (χ2n) is 8.03. The summed E-state index contributed by atoms with van der Waals surface area (Å²) in [6.07, 6.45) is 0. The summed E-state index contributed by atoms with van der Waals surface area (Å²) in [7, 11) is 0. The van der Waals surface area contributed by atoms with Gasteiger partial charge in [-0.25, -0.2) is 4.68 Å². The third-order valence-corrected chi connectivity index (χ3v) is 6.09. The highest BCUT2D eigenvalue weighted by atomic mass is 16.2. The average molecular weight is 409 g/mol. The molecular formula is C26H23N3O2. The minimum absolute atomic E-state index is 0.0613. The van der Waals surface area contributed by atoms with Crippen molar-refractivity contribution in [1.82, 2.24) is 14.7 Å². The molecule has 3 aromatic carbocycles. The van der Waals surface area contributed by atoms with Gasteiger partial charge in [0.1, 0.15) is 6.54 Å². The molecule has 0 saturated heterocycles. The lowest BCUT2D eigenvalue weighted by Gasteiger charge is -2.35. The van der Waals surface area contributed by atoms with E-state index in [0.29, 0.717) is 18.5 Å². The van der Waals surface area contributed by atoms with E-state index in [0.717, 1.165) is 16.6 Å². The van der Waals surface area contributed by atoms with Crippen LogP contribution in [-0.2, 0) is 17.9 Å². The number of aromatic nitrogens is 2. The van der Waals surface area contributed by atoms with Crippen molar-refractivity contribution in [3.63, 3.8) is 0 Å². The maximum atomic E-state index is 13.3. The van der Waals surface area contributed by atoms with E-state index in [1.165, 1.54) is 15.8 Å². The van der Waals surface area contributed by atoms with Gasteiger partial charge in [0.05, 0.1) is 11.1 Å². The minimum Gasteiger partial charge on any atom is -0.336 e. The van der Waals surface area contributed by atoms with Crippen LogP contribution in [0.25, 0.3) is 10.8 Å². The Balaban J connectivity index is 1.47. The van der Waals surface area contributed by atoms with Gasteiger partial charge in [-0.2, -0.15) is 5.10 Å². The number of fused-ring (bicyclic) bond motifs is 2. The number of carbonyl (C=O) groups is 1. The Morgan fingerprint density at radius 1 is 0.935 bits per heavy atom. The summed E-state index contributed by atoms with van der Waals surface area (Å²) >= 11 is 0. The van der Waals surface area contributed by atoms with Crippen molar-refractivity contribution in [2.24, 2.45) is 0 Å². The normalized spacial score (nSPS) is 15.6. The third kappa shape index (κ3) is 3.52. The molecule has 0 N–H and O–H groups in total. The number of carbonyl (C=O) groups excluding carboxylic acids is 1. The highest BCUT2D eigenvalue weighted by Gasteiger charge is 2.29. The van der Waals surface area contributed by atoms with E-state index in [-0.39, 0.29) is 23.9 Å². The fourth-order valence-corrected chi connectivity index (χ4v) is 4.51. The lowest BCUT2D eigenvalue weighted by Crippen LogP contribution is -2.42. The summed E-state index contributed by atoms with van der Waals surface area (Å²) in [5, 5.41) is 5.83. The van der Waals surface area contributed by atoms with Gasteiger partial charge in [0.2, 0.25) is 5.91 Å². The van der Waals surface area contributed by atoms with Crippen LogP contribution in [-0.4, -0.2) is 27.1 Å². The third-order valence-electron chi connectivity index (χ3n) is 6.09. The second kappa shape index (κ2) is 7.84. The molecule has 5 heteroatoms. The second-order valence-corrected chi connectivity index (χ2v) is 8.03. The van der Waals surface area contributed by atoms with Crippen LogP contribution in [0.2, 0.25) is 0 Å². The van der Waals surface area contributed by atoms with Crippen LogP contribution in [0.1, 0.15) is 28.3 Å². The summed E-state index contributed by atoms with van der Waals surface area (Å²) in [6.45, 7) is 2.93. The standard InChI is InChI=1S/C26H23N3O2/c1-18-21-12-7-8-14-23(21)26(31)29(27-18)17-25(30)28-15-20-11-5-6-13-22(20)24(16-28)19-9-3-2-4-10-19/h2-14,24H,15-17H2,1H3. The summed E-state index contributed by atoms with van der Waals surface area (Å²) in [6, 6.07) is 25.9. The van der Waals surface area contributed by atoms with E-state index in [1.807, 2.05) is 60.4 Å². The first-order valence-electron chi connectivity index (χ1n) is 10.5. The van der Waals surface area contributed by atoms with Crippen LogP contribution in [0.5, 0.6) is 0 Å². The van der Waals surface area contributed by atoms with Crippen molar-refractivity contribution in [2.75, 3.05) is 6.54 Å². The molecule has 0 bridgehead atoms. The van der Waals surface area contributed by atoms with Crippen molar-refractivity contribution < 1.29 is 4.79 Å². The van der Waals surface area contributed by atoms with Gasteiger partial charge in [0.15, 0.2) is 0 Å². The molecule has 1 aliphatic rings. The van der Waals surface area contributed by atoms with E-state index >= 15 is 0 Å². The predicted molar refractivity (Wildman–Crippen MR) is 121 cm³/mol. The topological polar surface area (TPSA) is 55.2 Å². The number of aryl methyl sites for hydroxylation is 1. The molecule has 5 rings (SSSR count). The molecule has 1 unspecified atom stereocenters. The molecule has 154 valence electrons. The first-order chi connectivity index (χ1) is 15.1. The van der Waals surface area contributed by atoms with Crippen molar-refractivity contribution >= 4 is 16.7 Å². The highest BCUT2D eigenvalue weighted by Crippen LogP contribution is 2.33. The molecule has 1 amide bonds. The molecular weight excluding hydrogens is 386 g/mol. The molecule has 0 saturated carbocycles. The van der Waals surface area contributed by atoms with E-state index in [4.69, 9.17) is 0 Å². The summed E-state index contributed by atoms with van der Waals surface area (Å²) < 4.78 is 1.30. The fourth-order valence-electron chi connectivity index (χ4n) is 4.51. The van der Waals surface area contributed by atoms with E-state index in [1.54, 1.807) is 6.07 Å². The summed E-state index contributed by atoms with van der Waals surface area (Å²) in [5.74, 6) is 0.0119. The van der Waals surface area contributed by atoms with Crippen LogP contribution >= 0.6 is 0 Å². The maximum absolute atomic E-state index is 13.3. The lowest BCUT2D eigenvalue weighted by atomic mass is 9.84. The number of nitrogens with zero attached hydrogens (tertiary/aromatic N) is 3. The van der Waals surface area contributed by atoms with Crippen molar-refractivity contribution in [1.29, 1.82) is 0 Å². The van der Waals surface area contributed by atoms with E-state index < -0.39 is 0 Å². The molecule has 0 fully saturated rings. The largest absolute Gasteiger partial charge is 0.336 e. The Hall–Kier alpha value is -3.73. The van der Waals surface area contributed by atoms with Gasteiger partial charge in [-0.1, -0.05) is 72.8 Å². The van der Waals surface area contributed by atoms with E-state index in [9.17, 15) is 9.59 Å². The molecule has 1 atom stereocenters. The average Bonchev–Trinajstić information content (AvgIpc) is 2.82. The predicted octanol–water partition coefficient (Wildman–Crippen LogP) is 3.88. The van der Waals surface area contributed by atoms with Gasteiger partial charge in [-0.15, -0.1) is 0 Å². The van der Waals surface area contributed by atoms with Crippen LogP contribution in [0.15, 0.2) is 83.7 Å². The number of hydrogen-bond acceptors (Lipinski definition) is 3. The van der Waals surface area contributed by atoms with Crippen LogP contribution in [0.4, 0.5) is 0 Å². The smallest absolute Gasteiger partial charge is 0.275 e. The number of hydrogen-bond donors (Lipinski definition) is 0. The molecule has 5 nitrogen and oxygen atoms in total. The molecule has 4 aromatic rings. The summed E-state index contributed by atoms with van der Waals surface area (Å²) in [4.78, 5) is 28.0. The van der Waals surface area contributed by atoms with Gasteiger partial charge >= 0.3 is 0 Å². The number of rotatable bonds is 3. The number of benzene rings is 3. The Kier molecular flexibility index (Phi) is 4.86. The Morgan fingerprint density at radius 3 is 2.42 bits per heavy atom. The Labute approximate surface area is 180 Å². The monoisotopic (exact) mass is 409 g/mol. The van der Waals surface area contributed by atoms with E-state index in [2.05, 4.69) is 29.4 Å². The first kappa shape index (κ1) is 19.2. The Morgan fingerprint density at radius 2 is 1.61 bits per heavy atom. The van der Waals surface area contributed by atoms with Gasteiger partial charge in [0.25, 0.3) is 5.56 Å². The van der Waals surface area contributed by atoms with Gasteiger partial charge in [-0.3, -0.25) is 9.59 Å². The van der Waals surface area contributed by atoms with Crippen molar-refractivity contribution in [3.05, 3.63) is 112 Å². The zero-order valence-electron chi connectivity index (χ0n) is 17.4. The highest BCUT2D eigenvalue weighted by molar-refractivity contribution is 5.83. The van der Waals surface area contributed by atoms with Crippen LogP contribution < -0.4 is 5.56 Å². The van der Waals surface area contributed by atoms with Crippen molar-refractivity contribution in [2.45, 2.75) is 25.9 Å². The van der Waals surface area contributed by atoms with Crippen LogP contribution in [0, 0.1) is 6.92 Å². The van der Waals surface area contributed by atoms with Gasteiger partial charge in [0, 0.05) is 24.4 Å². The molecule has 0 radical (unpaired) electrons. The molecule has 2 heterocycles. The van der Waals surface area contributed by atoms with Gasteiger partial charge in [-0.05, 0) is 29.7 Å². The molecule has 1 aromatic heterocycles. The lowest BCUT2D eigenvalue weighted by molar-refractivity contribution is -0.133. The fraction of sp³-hybridized carbons (Fsp3) is 0.192. The number of amides is 1. The zero-order chi connectivity index (χ0) is 21.4. The zero-order valence-corrected chi connectivity index (χ0v) is 17.4. The van der Waals surface area contributed by atoms with Crippen molar-refractivity contribution in [3.8, 4) is 0 Å². The first-order valence-corrected chi connectivity index (χ1v) is 10.5. The Bertz CT molecular complexity index is 1330. The minimum atomic E-state index is -0.230. The maximum Gasteiger partial charge on any atom is 0.275 e. The SMILES string of the molecule is Cc1nn(CC(=O)N2Cc3ccccc3C(c3ccccc3)C2)c(=O)c2ccccc12. The molecule has 31 heavy (non-hydrogen) atoms. The molecule has 1 aliphatic heterocycles. The quantitative estimate of drug-likeness (QED) is 0.516. The molecule has 0 aliphatic carbocycles. The van der Waals surface area contributed by atoms with Gasteiger partial charge < -0.3 is 4.90 Å². The van der Waals surface area contributed by atoms with Crippen LogP contribution in [0.3, 0.4) is 0 Å².